The van der Waals surface area contributed by atoms with E-state index < -0.39 is 17.7 Å². The molecule has 0 aliphatic carbocycles. The monoisotopic (exact) mass is 530 g/mol. The number of rotatable bonds is 7. The largest absolute Gasteiger partial charge is 0.507 e. The average molecular weight is 531 g/mol. The standard InChI is InChI=1S/C27H22N4O4S2/c1-16-3-5-17(6-4-16)15-36-27-30-29-26(37-27)31-22(18-11-13-28-14-12-18)21(24(33)25(31)34)23(32)19-7-9-20(35-2)10-8-19/h3-14,22,32H,15H2,1-2H3/b23-21-. The molecule has 10 heteroatoms. The van der Waals surface area contributed by atoms with Gasteiger partial charge in [0, 0.05) is 23.7 Å². The third-order valence-corrected chi connectivity index (χ3v) is 8.04. The Kier molecular flexibility index (Phi) is 7.02. The minimum Gasteiger partial charge on any atom is -0.507 e. The number of anilines is 1. The molecule has 0 saturated carbocycles. The summed E-state index contributed by atoms with van der Waals surface area (Å²) in [4.78, 5) is 31.9. The summed E-state index contributed by atoms with van der Waals surface area (Å²) in [6, 6.07) is 17.4. The fourth-order valence-electron chi connectivity index (χ4n) is 3.98. The lowest BCUT2D eigenvalue weighted by molar-refractivity contribution is -0.132. The zero-order chi connectivity index (χ0) is 25.9. The number of nitrogens with zero attached hydrogens (tertiary/aromatic N) is 4. The summed E-state index contributed by atoms with van der Waals surface area (Å²) in [6.45, 7) is 2.04. The molecule has 8 nitrogen and oxygen atoms in total. The molecule has 0 spiro atoms. The Hall–Kier alpha value is -4.02. The van der Waals surface area contributed by atoms with Gasteiger partial charge in [-0.2, -0.15) is 0 Å². The predicted molar refractivity (Wildman–Crippen MR) is 143 cm³/mol. The molecule has 3 heterocycles. The number of amides is 1. The van der Waals surface area contributed by atoms with Gasteiger partial charge in [-0.25, -0.2) is 0 Å². The Morgan fingerprint density at radius 3 is 2.41 bits per heavy atom. The maximum Gasteiger partial charge on any atom is 0.301 e. The quantitative estimate of drug-likeness (QED) is 0.115. The van der Waals surface area contributed by atoms with Crippen molar-refractivity contribution in [1.29, 1.82) is 0 Å². The lowest BCUT2D eigenvalue weighted by atomic mass is 9.96. The molecule has 37 heavy (non-hydrogen) atoms. The molecule has 1 atom stereocenters. The van der Waals surface area contributed by atoms with E-state index in [4.69, 9.17) is 4.74 Å². The van der Waals surface area contributed by atoms with Crippen LogP contribution in [0.3, 0.4) is 0 Å². The van der Waals surface area contributed by atoms with Crippen LogP contribution >= 0.6 is 23.1 Å². The maximum absolute atomic E-state index is 13.3. The molecular weight excluding hydrogens is 508 g/mol. The summed E-state index contributed by atoms with van der Waals surface area (Å²) in [5.74, 6) is -0.544. The molecule has 4 aromatic rings. The van der Waals surface area contributed by atoms with Gasteiger partial charge < -0.3 is 9.84 Å². The summed E-state index contributed by atoms with van der Waals surface area (Å²) >= 11 is 2.73. The van der Waals surface area contributed by atoms with Gasteiger partial charge in [-0.1, -0.05) is 52.9 Å². The number of ether oxygens (including phenoxy) is 1. The van der Waals surface area contributed by atoms with E-state index in [2.05, 4.69) is 39.4 Å². The van der Waals surface area contributed by atoms with Gasteiger partial charge in [-0.05, 0) is 54.4 Å². The number of hydrogen-bond acceptors (Lipinski definition) is 9. The highest BCUT2D eigenvalue weighted by molar-refractivity contribution is 8.00. The number of Topliss-reactive ketones (excluding diaryl/α,β-unsaturated/α-hetero) is 1. The molecule has 186 valence electrons. The first-order valence-electron chi connectivity index (χ1n) is 11.3. The van der Waals surface area contributed by atoms with Crippen LogP contribution in [0.2, 0.25) is 0 Å². The second kappa shape index (κ2) is 10.5. The molecule has 1 N–H and O–H groups in total. The molecular formula is C27H22N4O4S2. The van der Waals surface area contributed by atoms with Crippen LogP contribution in [-0.2, 0) is 15.3 Å². The SMILES string of the molecule is COc1ccc(/C(O)=C2/C(=O)C(=O)N(c3nnc(SCc4ccc(C)cc4)s3)C2c2ccncc2)cc1. The zero-order valence-corrected chi connectivity index (χ0v) is 21.6. The fraction of sp³-hybridized carbons (Fsp3) is 0.148. The number of aromatic nitrogens is 3. The first-order chi connectivity index (χ1) is 18.0. The summed E-state index contributed by atoms with van der Waals surface area (Å²) in [5.41, 5.74) is 3.32. The van der Waals surface area contributed by atoms with E-state index in [0.717, 1.165) is 5.56 Å². The van der Waals surface area contributed by atoms with Crippen LogP contribution in [0.25, 0.3) is 5.76 Å². The molecule has 0 radical (unpaired) electrons. The molecule has 2 aromatic carbocycles. The van der Waals surface area contributed by atoms with Gasteiger partial charge in [0.15, 0.2) is 4.34 Å². The van der Waals surface area contributed by atoms with Gasteiger partial charge >= 0.3 is 5.91 Å². The van der Waals surface area contributed by atoms with Crippen molar-refractivity contribution in [3.05, 3.63) is 101 Å². The highest BCUT2D eigenvalue weighted by Gasteiger charge is 2.48. The van der Waals surface area contributed by atoms with E-state index in [0.29, 0.717) is 27.0 Å². The molecule has 1 aliphatic rings. The van der Waals surface area contributed by atoms with Gasteiger partial charge in [0.2, 0.25) is 5.13 Å². The number of ketones is 1. The Labute approximate surface area is 221 Å². The van der Waals surface area contributed by atoms with E-state index in [-0.39, 0.29) is 16.5 Å². The average Bonchev–Trinajstić information content (AvgIpc) is 3.50. The number of carbonyl (C=O) groups excluding carboxylic acids is 2. The van der Waals surface area contributed by atoms with Crippen LogP contribution in [0.15, 0.2) is 83.0 Å². The molecule has 5 rings (SSSR count). The number of carbonyl (C=O) groups is 2. The van der Waals surface area contributed by atoms with Crippen molar-refractivity contribution in [1.82, 2.24) is 15.2 Å². The zero-order valence-electron chi connectivity index (χ0n) is 20.0. The van der Waals surface area contributed by atoms with Crippen LogP contribution in [0.1, 0.15) is 28.3 Å². The van der Waals surface area contributed by atoms with Crippen LogP contribution in [0.4, 0.5) is 5.13 Å². The summed E-state index contributed by atoms with van der Waals surface area (Å²) in [5, 5.41) is 20.0. The van der Waals surface area contributed by atoms with Crippen molar-refractivity contribution < 1.29 is 19.4 Å². The highest BCUT2D eigenvalue weighted by atomic mass is 32.2. The van der Waals surface area contributed by atoms with Gasteiger partial charge in [-0.3, -0.25) is 19.5 Å². The first kappa shape index (κ1) is 24.7. The summed E-state index contributed by atoms with van der Waals surface area (Å²) < 4.78 is 5.85. The van der Waals surface area contributed by atoms with Gasteiger partial charge in [0.05, 0.1) is 18.7 Å². The number of pyridine rings is 1. The van der Waals surface area contributed by atoms with Crippen molar-refractivity contribution in [2.45, 2.75) is 23.1 Å². The third-order valence-electron chi connectivity index (χ3n) is 5.91. The lowest BCUT2D eigenvalue weighted by Crippen LogP contribution is -2.29. The molecule has 1 unspecified atom stereocenters. The van der Waals surface area contributed by atoms with Crippen LogP contribution in [0.5, 0.6) is 5.75 Å². The van der Waals surface area contributed by atoms with Gasteiger partial charge in [0.1, 0.15) is 11.5 Å². The van der Waals surface area contributed by atoms with E-state index in [1.807, 2.05) is 6.92 Å². The van der Waals surface area contributed by atoms with Crippen molar-refractivity contribution in [3.63, 3.8) is 0 Å². The number of benzene rings is 2. The smallest absolute Gasteiger partial charge is 0.301 e. The van der Waals surface area contributed by atoms with E-state index in [1.165, 1.54) is 33.6 Å². The summed E-state index contributed by atoms with van der Waals surface area (Å²) in [7, 11) is 1.54. The van der Waals surface area contributed by atoms with Crippen LogP contribution in [-0.4, -0.2) is 39.1 Å². The Balaban J connectivity index is 1.51. The summed E-state index contributed by atoms with van der Waals surface area (Å²) in [6.07, 6.45) is 3.15. The normalized spacial score (nSPS) is 16.8. The molecule has 1 amide bonds. The van der Waals surface area contributed by atoms with Crippen molar-refractivity contribution in [2.24, 2.45) is 0 Å². The highest BCUT2D eigenvalue weighted by Crippen LogP contribution is 2.44. The topological polar surface area (TPSA) is 106 Å². The van der Waals surface area contributed by atoms with E-state index in [1.54, 1.807) is 55.9 Å². The molecule has 1 saturated heterocycles. The second-order valence-corrected chi connectivity index (χ2v) is 10.5. The van der Waals surface area contributed by atoms with Crippen LogP contribution in [0, 0.1) is 6.92 Å². The lowest BCUT2D eigenvalue weighted by Gasteiger charge is -2.22. The predicted octanol–water partition coefficient (Wildman–Crippen LogP) is 5.17. The van der Waals surface area contributed by atoms with Crippen LogP contribution < -0.4 is 9.64 Å². The molecule has 1 aliphatic heterocycles. The van der Waals surface area contributed by atoms with Crippen molar-refractivity contribution in [2.75, 3.05) is 12.0 Å². The number of aliphatic hydroxyl groups is 1. The molecule has 2 aromatic heterocycles. The molecule has 0 bridgehead atoms. The Morgan fingerprint density at radius 2 is 1.73 bits per heavy atom. The first-order valence-corrected chi connectivity index (χ1v) is 13.1. The van der Waals surface area contributed by atoms with Gasteiger partial charge in [-0.15, -0.1) is 10.2 Å². The van der Waals surface area contributed by atoms with Crippen molar-refractivity contribution in [3.8, 4) is 5.75 Å². The van der Waals surface area contributed by atoms with E-state index in [9.17, 15) is 14.7 Å². The minimum absolute atomic E-state index is 0.0228. The number of hydrogen-bond donors (Lipinski definition) is 1. The number of thioether (sulfide) groups is 1. The minimum atomic E-state index is -0.881. The Bertz CT molecular complexity index is 1470. The number of aliphatic hydroxyl groups excluding tert-OH is 1. The Morgan fingerprint density at radius 1 is 1.03 bits per heavy atom. The molecule has 1 fully saturated rings. The maximum atomic E-state index is 13.3. The second-order valence-electron chi connectivity index (χ2n) is 8.30. The van der Waals surface area contributed by atoms with E-state index >= 15 is 0 Å². The fourth-order valence-corrected chi connectivity index (χ4v) is 5.81. The van der Waals surface area contributed by atoms with Crippen molar-refractivity contribution >= 4 is 45.7 Å². The number of aryl methyl sites for hydroxylation is 1. The van der Waals surface area contributed by atoms with Gasteiger partial charge in [0.25, 0.3) is 5.78 Å². The number of methoxy groups -OCH3 is 1. The third kappa shape index (κ3) is 4.98.